The van der Waals surface area contributed by atoms with E-state index in [1.807, 2.05) is 25.1 Å². The largest absolute Gasteiger partial charge is 0.354 e. The van der Waals surface area contributed by atoms with Gasteiger partial charge in [0.2, 0.25) is 0 Å². The average molecular weight is 359 g/mol. The van der Waals surface area contributed by atoms with Crippen LogP contribution in [-0.4, -0.2) is 16.7 Å². The van der Waals surface area contributed by atoms with Crippen molar-refractivity contribution in [3.63, 3.8) is 0 Å². The third-order valence-corrected chi connectivity index (χ3v) is 4.18. The third kappa shape index (κ3) is 4.58. The summed E-state index contributed by atoms with van der Waals surface area (Å²) in [6.07, 6.45) is 1.63. The molecule has 5 nitrogen and oxygen atoms in total. The number of carbonyl (C=O) groups is 2. The van der Waals surface area contributed by atoms with Gasteiger partial charge in [0, 0.05) is 16.9 Å². The van der Waals surface area contributed by atoms with Crippen molar-refractivity contribution >= 4 is 28.8 Å². The van der Waals surface area contributed by atoms with E-state index in [1.165, 1.54) is 12.5 Å². The lowest BCUT2D eigenvalue weighted by Gasteiger charge is -2.11. The van der Waals surface area contributed by atoms with E-state index in [2.05, 4.69) is 28.6 Å². The highest BCUT2D eigenvalue weighted by Gasteiger charge is 2.09. The Balaban J connectivity index is 1.70. The number of hydrogen-bond acceptors (Lipinski definition) is 4. The Morgan fingerprint density at radius 1 is 0.926 bits per heavy atom. The number of Topliss-reactive ketones (excluding diaryl/α,β-unsaturated/α-hetero) is 1. The number of nitrogens with one attached hydrogen (secondary N) is 2. The van der Waals surface area contributed by atoms with Gasteiger partial charge in [-0.2, -0.15) is 0 Å². The number of benzene rings is 2. The minimum absolute atomic E-state index is 0.0500. The van der Waals surface area contributed by atoms with E-state index in [0.717, 1.165) is 16.9 Å². The number of aryl methyl sites for hydroxylation is 2. The maximum Gasteiger partial charge on any atom is 0.274 e. The molecule has 0 saturated carbocycles. The Morgan fingerprint density at radius 3 is 2.41 bits per heavy atom. The molecule has 136 valence electrons. The van der Waals surface area contributed by atoms with Crippen molar-refractivity contribution in [3.05, 3.63) is 83.2 Å². The Morgan fingerprint density at radius 2 is 1.74 bits per heavy atom. The lowest BCUT2D eigenvalue weighted by molar-refractivity contribution is 0.100. The smallest absolute Gasteiger partial charge is 0.274 e. The summed E-state index contributed by atoms with van der Waals surface area (Å²) in [4.78, 5) is 28.1. The predicted octanol–water partition coefficient (Wildman–Crippen LogP) is 4.90. The second kappa shape index (κ2) is 7.83. The first-order valence-corrected chi connectivity index (χ1v) is 8.65. The van der Waals surface area contributed by atoms with E-state index in [4.69, 9.17) is 0 Å². The summed E-state index contributed by atoms with van der Waals surface area (Å²) in [5.74, 6) is -0.375. The molecule has 0 aliphatic carbocycles. The van der Waals surface area contributed by atoms with Gasteiger partial charge in [-0.05, 0) is 56.7 Å². The highest BCUT2D eigenvalue weighted by Crippen LogP contribution is 2.21. The van der Waals surface area contributed by atoms with Gasteiger partial charge in [0.1, 0.15) is 5.69 Å². The molecule has 3 aromatic rings. The maximum atomic E-state index is 12.4. The number of nitrogens with zero attached hydrogens (tertiary/aromatic N) is 1. The fraction of sp³-hybridized carbons (Fsp3) is 0.136. The minimum Gasteiger partial charge on any atom is -0.354 e. The molecule has 2 N–H and O–H groups in total. The lowest BCUT2D eigenvalue weighted by atomic mass is 10.1. The van der Waals surface area contributed by atoms with E-state index in [1.54, 1.807) is 36.5 Å². The first-order chi connectivity index (χ1) is 12.9. The van der Waals surface area contributed by atoms with Crippen LogP contribution in [0.3, 0.4) is 0 Å². The summed E-state index contributed by atoms with van der Waals surface area (Å²) in [6, 6.07) is 16.5. The Kier molecular flexibility index (Phi) is 5.31. The normalized spacial score (nSPS) is 10.3. The summed E-state index contributed by atoms with van der Waals surface area (Å²) < 4.78 is 0. The van der Waals surface area contributed by atoms with E-state index < -0.39 is 0 Å². The number of anilines is 3. The van der Waals surface area contributed by atoms with Crippen LogP contribution in [0.15, 0.2) is 60.8 Å². The number of aromatic nitrogens is 1. The highest BCUT2D eigenvalue weighted by atomic mass is 16.2. The zero-order chi connectivity index (χ0) is 19.4. The van der Waals surface area contributed by atoms with Crippen LogP contribution in [0.5, 0.6) is 0 Å². The van der Waals surface area contributed by atoms with Crippen LogP contribution >= 0.6 is 0 Å². The summed E-state index contributed by atoms with van der Waals surface area (Å²) in [5, 5.41) is 6.07. The van der Waals surface area contributed by atoms with Gasteiger partial charge in [0.15, 0.2) is 5.78 Å². The first-order valence-electron chi connectivity index (χ1n) is 8.65. The molecule has 0 spiro atoms. The Labute approximate surface area is 158 Å². The summed E-state index contributed by atoms with van der Waals surface area (Å²) >= 11 is 0. The fourth-order valence-electron chi connectivity index (χ4n) is 2.72. The van der Waals surface area contributed by atoms with Crippen molar-refractivity contribution in [2.24, 2.45) is 0 Å². The van der Waals surface area contributed by atoms with Crippen LogP contribution in [0.1, 0.15) is 38.9 Å². The van der Waals surface area contributed by atoms with Crippen molar-refractivity contribution in [2.75, 3.05) is 10.6 Å². The molecule has 1 aromatic heterocycles. The zero-order valence-electron chi connectivity index (χ0n) is 15.5. The predicted molar refractivity (Wildman–Crippen MR) is 108 cm³/mol. The van der Waals surface area contributed by atoms with Crippen molar-refractivity contribution in [1.82, 2.24) is 4.98 Å². The van der Waals surface area contributed by atoms with Crippen molar-refractivity contribution < 1.29 is 9.59 Å². The van der Waals surface area contributed by atoms with Gasteiger partial charge in [0.25, 0.3) is 5.91 Å². The average Bonchev–Trinajstić information content (AvgIpc) is 2.65. The second-order valence-electron chi connectivity index (χ2n) is 6.47. The number of ketones is 1. The molecule has 27 heavy (non-hydrogen) atoms. The molecule has 1 heterocycles. The molecule has 0 fully saturated rings. The minimum atomic E-state index is -0.325. The molecule has 0 atom stereocenters. The topological polar surface area (TPSA) is 71.1 Å². The van der Waals surface area contributed by atoms with Crippen molar-refractivity contribution in [2.45, 2.75) is 20.8 Å². The van der Waals surface area contributed by atoms with Gasteiger partial charge in [-0.1, -0.05) is 29.8 Å². The van der Waals surface area contributed by atoms with Crippen LogP contribution in [-0.2, 0) is 0 Å². The van der Waals surface area contributed by atoms with Gasteiger partial charge < -0.3 is 10.6 Å². The molecule has 0 saturated heterocycles. The highest BCUT2D eigenvalue weighted by molar-refractivity contribution is 6.04. The van der Waals surface area contributed by atoms with E-state index in [9.17, 15) is 9.59 Å². The van der Waals surface area contributed by atoms with Crippen molar-refractivity contribution in [1.29, 1.82) is 0 Å². The SMILES string of the molecule is CC(=O)c1cccc(NC(=O)c2ccc(Nc3ccc(C)cc3C)cn2)c1. The molecule has 3 rings (SSSR count). The van der Waals surface area contributed by atoms with Crippen LogP contribution in [0.4, 0.5) is 17.1 Å². The number of rotatable bonds is 5. The standard InChI is InChI=1S/C22H21N3O2/c1-14-7-9-20(15(2)11-14)24-19-8-10-21(23-13-19)22(27)25-18-6-4-5-17(12-18)16(3)26/h4-13,24H,1-3H3,(H,25,27). The molecule has 2 aromatic carbocycles. The quantitative estimate of drug-likeness (QED) is 0.636. The number of hydrogen-bond donors (Lipinski definition) is 2. The molecular formula is C22H21N3O2. The van der Waals surface area contributed by atoms with E-state index in [-0.39, 0.29) is 11.7 Å². The first kappa shape index (κ1) is 18.3. The molecule has 0 bridgehead atoms. The van der Waals surface area contributed by atoms with Crippen LogP contribution in [0.25, 0.3) is 0 Å². The molecule has 0 aliphatic rings. The second-order valence-corrected chi connectivity index (χ2v) is 6.47. The number of carbonyl (C=O) groups excluding carboxylic acids is 2. The van der Waals surface area contributed by atoms with Gasteiger partial charge in [-0.15, -0.1) is 0 Å². The summed E-state index contributed by atoms with van der Waals surface area (Å²) in [6.45, 7) is 5.58. The molecule has 0 unspecified atom stereocenters. The number of pyridine rings is 1. The fourth-order valence-corrected chi connectivity index (χ4v) is 2.72. The molecular weight excluding hydrogens is 338 g/mol. The summed E-state index contributed by atoms with van der Waals surface area (Å²) in [5.41, 5.74) is 5.56. The molecule has 1 amide bonds. The monoisotopic (exact) mass is 359 g/mol. The molecule has 0 radical (unpaired) electrons. The van der Waals surface area contributed by atoms with Crippen LogP contribution in [0.2, 0.25) is 0 Å². The van der Waals surface area contributed by atoms with Gasteiger partial charge in [-0.3, -0.25) is 9.59 Å². The van der Waals surface area contributed by atoms with Crippen LogP contribution in [0, 0.1) is 13.8 Å². The van der Waals surface area contributed by atoms with Gasteiger partial charge >= 0.3 is 0 Å². The van der Waals surface area contributed by atoms with Crippen molar-refractivity contribution in [3.8, 4) is 0 Å². The van der Waals surface area contributed by atoms with Gasteiger partial charge in [0.05, 0.1) is 11.9 Å². The summed E-state index contributed by atoms with van der Waals surface area (Å²) in [7, 11) is 0. The van der Waals surface area contributed by atoms with E-state index in [0.29, 0.717) is 16.9 Å². The molecule has 5 heteroatoms. The Hall–Kier alpha value is -3.47. The zero-order valence-corrected chi connectivity index (χ0v) is 15.5. The van der Waals surface area contributed by atoms with Crippen LogP contribution < -0.4 is 10.6 Å². The molecule has 0 aliphatic heterocycles. The maximum absolute atomic E-state index is 12.4. The van der Waals surface area contributed by atoms with Gasteiger partial charge in [-0.25, -0.2) is 4.98 Å². The number of amides is 1. The van der Waals surface area contributed by atoms with E-state index >= 15 is 0 Å². The lowest BCUT2D eigenvalue weighted by Crippen LogP contribution is -2.14. The Bertz CT molecular complexity index is 995. The third-order valence-electron chi connectivity index (χ3n) is 4.18.